The fraction of sp³-hybridized carbons (Fsp3) is 0.188. The van der Waals surface area contributed by atoms with Gasteiger partial charge in [-0.1, -0.05) is 92.6 Å². The Bertz CT molecular complexity index is 1160. The molecule has 0 fully saturated rings. The van der Waals surface area contributed by atoms with Crippen molar-refractivity contribution in [3.8, 4) is 0 Å². The zero-order valence-corrected chi connectivity index (χ0v) is 20.5. The van der Waals surface area contributed by atoms with Gasteiger partial charge in [0.1, 0.15) is 0 Å². The summed E-state index contributed by atoms with van der Waals surface area (Å²) in [6, 6.07) is 11.1. The van der Waals surface area contributed by atoms with E-state index in [2.05, 4.69) is 122 Å². The van der Waals surface area contributed by atoms with Gasteiger partial charge in [-0.3, -0.25) is 0 Å². The van der Waals surface area contributed by atoms with E-state index in [0.717, 1.165) is 11.1 Å². The highest BCUT2D eigenvalue weighted by Gasteiger charge is 2.10. The van der Waals surface area contributed by atoms with Gasteiger partial charge in [0.25, 0.3) is 0 Å². The van der Waals surface area contributed by atoms with Gasteiger partial charge in [-0.05, 0) is 103 Å². The maximum absolute atomic E-state index is 4.04. The molecule has 0 unspecified atom stereocenters. The van der Waals surface area contributed by atoms with E-state index in [0.29, 0.717) is 0 Å². The van der Waals surface area contributed by atoms with E-state index < -0.39 is 0 Å². The summed E-state index contributed by atoms with van der Waals surface area (Å²) in [7, 11) is 0. The van der Waals surface area contributed by atoms with Crippen molar-refractivity contribution < 1.29 is 0 Å². The summed E-state index contributed by atoms with van der Waals surface area (Å²) in [5, 5.41) is 0. The number of aryl methyl sites for hydroxylation is 3. The van der Waals surface area contributed by atoms with E-state index in [1.165, 1.54) is 50.1 Å². The van der Waals surface area contributed by atoms with Gasteiger partial charge >= 0.3 is 0 Å². The molecule has 2 aromatic carbocycles. The summed E-state index contributed by atoms with van der Waals surface area (Å²) in [4.78, 5) is 0. The number of hydrogen-bond acceptors (Lipinski definition) is 0. The fourth-order valence-electron chi connectivity index (χ4n) is 3.93. The second-order valence-electron chi connectivity index (χ2n) is 8.30. The van der Waals surface area contributed by atoms with Crippen molar-refractivity contribution in [1.29, 1.82) is 0 Å². The highest BCUT2D eigenvalue weighted by atomic mass is 14.1. The largest absolute Gasteiger partial charge is 0.0985 e. The summed E-state index contributed by atoms with van der Waals surface area (Å²) in [6.07, 6.45) is 14.3. The van der Waals surface area contributed by atoms with E-state index in [1.807, 2.05) is 6.08 Å². The SMILES string of the molecule is C=CC(=C)/C(C=C)=C\C=C(/C)c1c(C)cccc1/C(C)=C/c1cc(C)c(/C=C\C)cc1C. The minimum absolute atomic E-state index is 0.873. The molecule has 0 N–H and O–H groups in total. The number of allylic oxidation sites excluding steroid dienone is 9. The van der Waals surface area contributed by atoms with E-state index in [9.17, 15) is 0 Å². The van der Waals surface area contributed by atoms with Crippen LogP contribution in [0.15, 0.2) is 91.6 Å². The summed E-state index contributed by atoms with van der Waals surface area (Å²) < 4.78 is 0. The van der Waals surface area contributed by atoms with E-state index in [4.69, 9.17) is 0 Å². The molecule has 0 aliphatic rings. The smallest absolute Gasteiger partial charge is 0.0123 e. The monoisotopic (exact) mass is 420 g/mol. The van der Waals surface area contributed by atoms with Crippen molar-refractivity contribution in [1.82, 2.24) is 0 Å². The molecule has 0 aliphatic heterocycles. The summed E-state index contributed by atoms with van der Waals surface area (Å²) in [5.74, 6) is 0. The lowest BCUT2D eigenvalue weighted by Gasteiger charge is -2.15. The van der Waals surface area contributed by atoms with Gasteiger partial charge in [-0.2, -0.15) is 0 Å². The minimum Gasteiger partial charge on any atom is -0.0985 e. The zero-order chi connectivity index (χ0) is 23.8. The highest BCUT2D eigenvalue weighted by molar-refractivity contribution is 5.88. The van der Waals surface area contributed by atoms with Gasteiger partial charge in [0.15, 0.2) is 0 Å². The normalized spacial score (nSPS) is 12.9. The lowest BCUT2D eigenvalue weighted by Crippen LogP contribution is -1.95. The van der Waals surface area contributed by atoms with Crippen LogP contribution in [0.4, 0.5) is 0 Å². The molecule has 0 amide bonds. The Hall–Kier alpha value is -3.38. The van der Waals surface area contributed by atoms with Crippen LogP contribution in [0.5, 0.6) is 0 Å². The van der Waals surface area contributed by atoms with E-state index in [-0.39, 0.29) is 0 Å². The standard InChI is InChI=1S/C32H36/c1-10-14-29-19-26(8)30(20-25(29)7)21-27(9)31-16-13-15-23(5)32(31)24(6)17-18-28(12-3)22(4)11-2/h10-21H,2-4H2,1,5-9H3/b14-10-,24-17+,27-21+,28-18-. The molecule has 0 saturated carbocycles. The molecule has 0 heterocycles. The Labute approximate surface area is 195 Å². The Morgan fingerprint density at radius 3 is 2.09 bits per heavy atom. The first kappa shape index (κ1) is 24.9. The number of rotatable bonds is 8. The molecule has 0 heteroatoms. The van der Waals surface area contributed by atoms with Crippen LogP contribution < -0.4 is 0 Å². The Kier molecular flexibility index (Phi) is 8.79. The molecule has 0 spiro atoms. The van der Waals surface area contributed by atoms with Crippen LogP contribution in [0.3, 0.4) is 0 Å². The molecular weight excluding hydrogens is 384 g/mol. The molecule has 164 valence electrons. The molecule has 2 rings (SSSR count). The van der Waals surface area contributed by atoms with Crippen LogP contribution in [0.25, 0.3) is 23.3 Å². The maximum atomic E-state index is 4.04. The Balaban J connectivity index is 2.58. The van der Waals surface area contributed by atoms with Crippen LogP contribution in [-0.2, 0) is 0 Å². The predicted octanol–water partition coefficient (Wildman–Crippen LogP) is 9.46. The molecular formula is C32H36. The third-order valence-electron chi connectivity index (χ3n) is 5.81. The van der Waals surface area contributed by atoms with Crippen molar-refractivity contribution in [3.05, 3.63) is 131 Å². The first-order valence-corrected chi connectivity index (χ1v) is 11.1. The molecule has 0 radical (unpaired) electrons. The summed E-state index contributed by atoms with van der Waals surface area (Å²) >= 11 is 0. The van der Waals surface area contributed by atoms with Gasteiger partial charge in [0.05, 0.1) is 0 Å². The first-order valence-electron chi connectivity index (χ1n) is 11.1. The fourth-order valence-corrected chi connectivity index (χ4v) is 3.93. The molecule has 0 aromatic heterocycles. The van der Waals surface area contributed by atoms with Crippen molar-refractivity contribution in [2.75, 3.05) is 0 Å². The second-order valence-corrected chi connectivity index (χ2v) is 8.30. The molecule has 0 bridgehead atoms. The summed E-state index contributed by atoms with van der Waals surface area (Å²) in [6.45, 7) is 24.7. The maximum Gasteiger partial charge on any atom is -0.0123 e. The van der Waals surface area contributed by atoms with Gasteiger partial charge in [-0.25, -0.2) is 0 Å². The van der Waals surface area contributed by atoms with Crippen molar-refractivity contribution >= 4 is 23.3 Å². The highest BCUT2D eigenvalue weighted by Crippen LogP contribution is 2.31. The van der Waals surface area contributed by atoms with Crippen LogP contribution >= 0.6 is 0 Å². The third kappa shape index (κ3) is 5.86. The second kappa shape index (κ2) is 11.3. The summed E-state index contributed by atoms with van der Waals surface area (Å²) in [5.41, 5.74) is 13.2. The molecule has 32 heavy (non-hydrogen) atoms. The van der Waals surface area contributed by atoms with Gasteiger partial charge in [0, 0.05) is 0 Å². The van der Waals surface area contributed by atoms with Gasteiger partial charge < -0.3 is 0 Å². The van der Waals surface area contributed by atoms with Gasteiger partial charge in [0.2, 0.25) is 0 Å². The van der Waals surface area contributed by atoms with Crippen LogP contribution in [0, 0.1) is 20.8 Å². The topological polar surface area (TPSA) is 0 Å². The van der Waals surface area contributed by atoms with Crippen molar-refractivity contribution in [2.24, 2.45) is 0 Å². The number of hydrogen-bond donors (Lipinski definition) is 0. The predicted molar refractivity (Wildman–Crippen MR) is 147 cm³/mol. The molecule has 0 atom stereocenters. The molecule has 0 saturated heterocycles. The van der Waals surface area contributed by atoms with Crippen LogP contribution in [0.1, 0.15) is 59.7 Å². The third-order valence-corrected chi connectivity index (χ3v) is 5.81. The molecule has 0 aliphatic carbocycles. The molecule has 2 aromatic rings. The average molecular weight is 421 g/mol. The average Bonchev–Trinajstić information content (AvgIpc) is 2.76. The Morgan fingerprint density at radius 2 is 1.47 bits per heavy atom. The lowest BCUT2D eigenvalue weighted by molar-refractivity contribution is 1.35. The zero-order valence-electron chi connectivity index (χ0n) is 20.5. The van der Waals surface area contributed by atoms with Crippen LogP contribution in [-0.4, -0.2) is 0 Å². The Morgan fingerprint density at radius 1 is 0.812 bits per heavy atom. The minimum atomic E-state index is 0.873. The van der Waals surface area contributed by atoms with E-state index >= 15 is 0 Å². The quantitative estimate of drug-likeness (QED) is 0.294. The van der Waals surface area contributed by atoms with Crippen molar-refractivity contribution in [2.45, 2.75) is 41.5 Å². The molecule has 0 nitrogen and oxygen atoms in total. The van der Waals surface area contributed by atoms with Gasteiger partial charge in [-0.15, -0.1) is 0 Å². The first-order chi connectivity index (χ1) is 15.2. The van der Waals surface area contributed by atoms with E-state index in [1.54, 1.807) is 6.08 Å². The van der Waals surface area contributed by atoms with Crippen molar-refractivity contribution in [3.63, 3.8) is 0 Å². The number of benzene rings is 2. The van der Waals surface area contributed by atoms with Crippen LogP contribution in [0.2, 0.25) is 0 Å². The lowest BCUT2D eigenvalue weighted by atomic mass is 9.90.